The van der Waals surface area contributed by atoms with Crippen LogP contribution in [0.15, 0.2) is 48.2 Å². The Labute approximate surface area is 185 Å². The van der Waals surface area contributed by atoms with Crippen molar-refractivity contribution in [2.45, 2.75) is 52.4 Å². The normalized spacial score (nSPS) is 12.5. The van der Waals surface area contributed by atoms with Gasteiger partial charge in [-0.15, -0.1) is 0 Å². The fourth-order valence-corrected chi connectivity index (χ4v) is 3.32. The second kappa shape index (κ2) is 8.96. The molecule has 0 aliphatic rings. The molecule has 0 unspecified atom stereocenters. The van der Waals surface area contributed by atoms with Crippen molar-refractivity contribution in [3.05, 3.63) is 70.4 Å². The van der Waals surface area contributed by atoms with E-state index in [1.54, 1.807) is 37.4 Å². The third-order valence-corrected chi connectivity index (χ3v) is 5.13. The highest BCUT2D eigenvalue weighted by atomic mass is 16.5. The van der Waals surface area contributed by atoms with Crippen LogP contribution in [0.25, 0.3) is 6.08 Å². The quantitative estimate of drug-likeness (QED) is 0.537. The number of carbonyl (C=O) groups excluding carboxylic acids is 2. The summed E-state index contributed by atoms with van der Waals surface area (Å²) in [6.07, 6.45) is 1.64. The third kappa shape index (κ3) is 5.54. The number of rotatable bonds is 4. The van der Waals surface area contributed by atoms with Crippen LogP contribution < -0.4 is 0 Å². The monoisotopic (exact) mass is 423 g/mol. The first-order valence-corrected chi connectivity index (χ1v) is 10.3. The number of phenolic OH excluding ortho intramolecular Hbond substituents is 1. The predicted molar refractivity (Wildman–Crippen MR) is 124 cm³/mol. The summed E-state index contributed by atoms with van der Waals surface area (Å²) in [5, 5.41) is 10.9. The maximum atomic E-state index is 12.9. The number of aromatic hydroxyl groups is 1. The number of phenols is 1. The van der Waals surface area contributed by atoms with E-state index in [1.165, 1.54) is 12.0 Å². The van der Waals surface area contributed by atoms with Crippen molar-refractivity contribution >= 4 is 18.0 Å². The topological polar surface area (TPSA) is 66.8 Å². The van der Waals surface area contributed by atoms with Gasteiger partial charge in [-0.05, 0) is 46.7 Å². The molecule has 2 aromatic carbocycles. The Hall–Kier alpha value is -3.08. The van der Waals surface area contributed by atoms with E-state index in [1.807, 2.05) is 59.7 Å². The van der Waals surface area contributed by atoms with Crippen LogP contribution >= 0.6 is 0 Å². The average molecular weight is 424 g/mol. The van der Waals surface area contributed by atoms with Crippen LogP contribution in [-0.2, 0) is 20.4 Å². The molecule has 0 saturated heterocycles. The van der Waals surface area contributed by atoms with E-state index in [9.17, 15) is 14.7 Å². The van der Waals surface area contributed by atoms with Gasteiger partial charge in [0.05, 0.1) is 7.11 Å². The van der Waals surface area contributed by atoms with Crippen LogP contribution in [0.5, 0.6) is 5.75 Å². The Morgan fingerprint density at radius 1 is 0.935 bits per heavy atom. The number of carbonyl (C=O) groups is 2. The van der Waals surface area contributed by atoms with Crippen molar-refractivity contribution in [2.75, 3.05) is 14.2 Å². The van der Waals surface area contributed by atoms with Crippen LogP contribution in [0.2, 0.25) is 0 Å². The number of esters is 1. The van der Waals surface area contributed by atoms with E-state index < -0.39 is 5.97 Å². The van der Waals surface area contributed by atoms with Gasteiger partial charge in [-0.2, -0.15) is 0 Å². The highest BCUT2D eigenvalue weighted by molar-refractivity contribution is 6.03. The lowest BCUT2D eigenvalue weighted by Gasteiger charge is -2.28. The number of methoxy groups -OCH3 is 1. The molecule has 166 valence electrons. The highest BCUT2D eigenvalue weighted by Gasteiger charge is 2.27. The molecule has 0 aliphatic heterocycles. The van der Waals surface area contributed by atoms with Gasteiger partial charge < -0.3 is 14.7 Å². The molecule has 0 spiro atoms. The van der Waals surface area contributed by atoms with Gasteiger partial charge in [-0.3, -0.25) is 4.79 Å². The van der Waals surface area contributed by atoms with E-state index in [4.69, 9.17) is 4.74 Å². The van der Waals surface area contributed by atoms with Crippen LogP contribution in [0, 0.1) is 0 Å². The SMILES string of the molecule is COC(=O)/C(=C/c1cc(C(C)(C)C)c(O)c(C(C)(C)C)c1)N(C)C(=O)c1ccccc1. The molecule has 2 rings (SSSR count). The molecule has 0 aromatic heterocycles. The van der Waals surface area contributed by atoms with Gasteiger partial charge in [0, 0.05) is 23.7 Å². The number of hydrogen-bond acceptors (Lipinski definition) is 4. The van der Waals surface area contributed by atoms with Crippen LogP contribution in [0.4, 0.5) is 0 Å². The van der Waals surface area contributed by atoms with E-state index >= 15 is 0 Å². The minimum Gasteiger partial charge on any atom is -0.507 e. The van der Waals surface area contributed by atoms with E-state index in [0.29, 0.717) is 11.1 Å². The molecular formula is C26H33NO4. The molecule has 0 radical (unpaired) electrons. The molecule has 0 saturated carbocycles. The summed E-state index contributed by atoms with van der Waals surface area (Å²) >= 11 is 0. The summed E-state index contributed by atoms with van der Waals surface area (Å²) in [4.78, 5) is 26.8. The summed E-state index contributed by atoms with van der Waals surface area (Å²) in [6, 6.07) is 12.5. The smallest absolute Gasteiger partial charge is 0.354 e. The first-order valence-electron chi connectivity index (χ1n) is 10.3. The van der Waals surface area contributed by atoms with Crippen LogP contribution in [-0.4, -0.2) is 36.0 Å². The molecule has 5 heteroatoms. The van der Waals surface area contributed by atoms with Gasteiger partial charge in [0.2, 0.25) is 0 Å². The Balaban J connectivity index is 2.68. The van der Waals surface area contributed by atoms with Crippen LogP contribution in [0.3, 0.4) is 0 Å². The van der Waals surface area contributed by atoms with Crippen molar-refractivity contribution in [1.29, 1.82) is 0 Å². The molecule has 1 amide bonds. The van der Waals surface area contributed by atoms with Gasteiger partial charge in [0.15, 0.2) is 0 Å². The molecule has 0 fully saturated rings. The lowest BCUT2D eigenvalue weighted by Crippen LogP contribution is -2.30. The van der Waals surface area contributed by atoms with E-state index in [-0.39, 0.29) is 28.2 Å². The zero-order valence-electron chi connectivity index (χ0n) is 19.7. The molecule has 0 bridgehead atoms. The number of likely N-dealkylation sites (N-methyl/N-ethyl adjacent to an activating group) is 1. The maximum Gasteiger partial charge on any atom is 0.354 e. The Morgan fingerprint density at radius 3 is 1.84 bits per heavy atom. The average Bonchev–Trinajstić information content (AvgIpc) is 2.70. The van der Waals surface area contributed by atoms with Crippen molar-refractivity contribution in [3.8, 4) is 5.75 Å². The molecule has 2 aromatic rings. The molecule has 1 N–H and O–H groups in total. The molecule has 0 atom stereocenters. The summed E-state index contributed by atoms with van der Waals surface area (Å²) in [7, 11) is 2.84. The summed E-state index contributed by atoms with van der Waals surface area (Å²) in [5.74, 6) is -0.678. The van der Waals surface area contributed by atoms with Crippen molar-refractivity contribution in [3.63, 3.8) is 0 Å². The zero-order valence-corrected chi connectivity index (χ0v) is 19.7. The number of ether oxygens (including phenoxy) is 1. The summed E-state index contributed by atoms with van der Waals surface area (Å²) < 4.78 is 4.96. The van der Waals surface area contributed by atoms with Gasteiger partial charge in [-0.25, -0.2) is 4.79 Å². The second-order valence-corrected chi connectivity index (χ2v) is 9.72. The lowest BCUT2D eigenvalue weighted by atomic mass is 9.78. The van der Waals surface area contributed by atoms with E-state index in [2.05, 4.69) is 0 Å². The third-order valence-electron chi connectivity index (χ3n) is 5.13. The number of nitrogens with zero attached hydrogens (tertiary/aromatic N) is 1. The lowest BCUT2D eigenvalue weighted by molar-refractivity contribution is -0.137. The Morgan fingerprint density at radius 2 is 1.42 bits per heavy atom. The molecule has 0 heterocycles. The van der Waals surface area contributed by atoms with Gasteiger partial charge in [-0.1, -0.05) is 59.7 Å². The molecular weight excluding hydrogens is 390 g/mol. The first kappa shape index (κ1) is 24.2. The van der Waals surface area contributed by atoms with Crippen LogP contribution in [0.1, 0.15) is 68.6 Å². The Kier molecular flexibility index (Phi) is 6.99. The number of hydrogen-bond donors (Lipinski definition) is 1. The minimum atomic E-state index is -0.616. The summed E-state index contributed by atoms with van der Waals surface area (Å²) in [5.41, 5.74) is 2.20. The van der Waals surface area contributed by atoms with Crippen molar-refractivity contribution in [2.24, 2.45) is 0 Å². The molecule has 5 nitrogen and oxygen atoms in total. The predicted octanol–water partition coefficient (Wildman–Crippen LogP) is 5.27. The molecule has 31 heavy (non-hydrogen) atoms. The fourth-order valence-electron chi connectivity index (χ4n) is 3.32. The number of benzene rings is 2. The zero-order chi connectivity index (χ0) is 23.6. The Bertz CT molecular complexity index is 957. The summed E-state index contributed by atoms with van der Waals surface area (Å²) in [6.45, 7) is 12.1. The largest absolute Gasteiger partial charge is 0.507 e. The van der Waals surface area contributed by atoms with E-state index in [0.717, 1.165) is 11.1 Å². The van der Waals surface area contributed by atoms with Gasteiger partial charge >= 0.3 is 5.97 Å². The highest BCUT2D eigenvalue weighted by Crippen LogP contribution is 2.40. The minimum absolute atomic E-state index is 0.113. The first-order chi connectivity index (χ1) is 14.3. The van der Waals surface area contributed by atoms with Gasteiger partial charge in [0.25, 0.3) is 5.91 Å². The van der Waals surface area contributed by atoms with Crippen molar-refractivity contribution in [1.82, 2.24) is 4.90 Å². The fraction of sp³-hybridized carbons (Fsp3) is 0.385. The molecule has 0 aliphatic carbocycles. The maximum absolute atomic E-state index is 12.9. The van der Waals surface area contributed by atoms with Gasteiger partial charge in [0.1, 0.15) is 11.4 Å². The van der Waals surface area contributed by atoms with Crippen molar-refractivity contribution < 1.29 is 19.4 Å². The standard InChI is InChI=1S/C26H33NO4/c1-25(2,3)19-14-17(15-20(22(19)28)26(4,5)6)16-21(24(30)31-8)27(7)23(29)18-12-10-9-11-13-18/h9-16,28H,1-8H3/b21-16-. The second-order valence-electron chi connectivity index (χ2n) is 9.72. The number of amides is 1.